The summed E-state index contributed by atoms with van der Waals surface area (Å²) in [6, 6.07) is 10.9. The van der Waals surface area contributed by atoms with E-state index < -0.39 is 29.3 Å². The summed E-state index contributed by atoms with van der Waals surface area (Å²) in [5.74, 6) is 2.74. The van der Waals surface area contributed by atoms with Crippen molar-refractivity contribution in [2.24, 2.45) is 5.84 Å². The molecule has 2 aromatic heterocycles. The van der Waals surface area contributed by atoms with E-state index in [1.165, 1.54) is 52.3 Å². The largest absolute Gasteiger partial charge is 0.429 e. The molecule has 4 aromatic rings. The van der Waals surface area contributed by atoms with Gasteiger partial charge in [0.1, 0.15) is 16.5 Å². The van der Waals surface area contributed by atoms with Crippen molar-refractivity contribution < 1.29 is 23.1 Å². The second-order valence-electron chi connectivity index (χ2n) is 6.54. The highest BCUT2D eigenvalue weighted by atomic mass is 32.2. The van der Waals surface area contributed by atoms with Crippen LogP contribution in [-0.2, 0) is 9.53 Å². The minimum absolute atomic E-state index is 0.136. The second-order valence-corrected chi connectivity index (χ2v) is 8.34. The van der Waals surface area contributed by atoms with Crippen LogP contribution in [0.1, 0.15) is 0 Å². The number of aromatic nitrogens is 2. The summed E-state index contributed by atoms with van der Waals surface area (Å²) in [5.41, 5.74) is 2.74. The molecule has 0 saturated carbocycles. The summed E-state index contributed by atoms with van der Waals surface area (Å²) >= 11 is 2.07. The monoisotopic (exact) mass is 488 g/mol. The van der Waals surface area contributed by atoms with Gasteiger partial charge in [0, 0.05) is 10.9 Å². The van der Waals surface area contributed by atoms with Crippen LogP contribution in [0.4, 0.5) is 13.6 Å². The van der Waals surface area contributed by atoms with Crippen LogP contribution < -0.4 is 16.8 Å². The second kappa shape index (κ2) is 9.48. The van der Waals surface area contributed by atoms with Crippen LogP contribution in [0.3, 0.4) is 0 Å². The van der Waals surface area contributed by atoms with Gasteiger partial charge in [-0.2, -0.15) is 0 Å². The van der Waals surface area contributed by atoms with Crippen LogP contribution >= 0.6 is 23.1 Å². The third-order valence-electron chi connectivity index (χ3n) is 4.46. The first kappa shape index (κ1) is 22.6. The van der Waals surface area contributed by atoms with Crippen molar-refractivity contribution in [1.29, 1.82) is 0 Å². The molecule has 0 aliphatic carbocycles. The van der Waals surface area contributed by atoms with Crippen LogP contribution in [0, 0.1) is 11.6 Å². The SMILES string of the molecule is NNC(=O)OC(=O)CSc1nc2scc(-c3ccc(F)cc3)c2c(=O)n1-c1ccc(F)cc1. The van der Waals surface area contributed by atoms with Crippen molar-refractivity contribution in [2.45, 2.75) is 5.16 Å². The third kappa shape index (κ3) is 4.77. The van der Waals surface area contributed by atoms with E-state index in [-0.39, 0.29) is 10.9 Å². The summed E-state index contributed by atoms with van der Waals surface area (Å²) in [4.78, 5) is 41.5. The number of esters is 1. The van der Waals surface area contributed by atoms with Crippen molar-refractivity contribution in [3.63, 3.8) is 0 Å². The fourth-order valence-corrected chi connectivity index (χ4v) is 4.79. The highest BCUT2D eigenvalue weighted by Gasteiger charge is 2.20. The molecular weight excluding hydrogens is 474 g/mol. The Hall–Kier alpha value is -3.61. The van der Waals surface area contributed by atoms with Crippen LogP contribution in [0.2, 0.25) is 0 Å². The van der Waals surface area contributed by atoms with Gasteiger partial charge in [-0.25, -0.2) is 24.4 Å². The molecule has 168 valence electrons. The van der Waals surface area contributed by atoms with Crippen LogP contribution in [0.15, 0.2) is 63.9 Å². The van der Waals surface area contributed by atoms with Gasteiger partial charge < -0.3 is 4.74 Å². The van der Waals surface area contributed by atoms with E-state index in [1.807, 2.05) is 0 Å². The molecule has 3 N–H and O–H groups in total. The van der Waals surface area contributed by atoms with Crippen molar-refractivity contribution >= 4 is 45.4 Å². The molecule has 0 radical (unpaired) electrons. The van der Waals surface area contributed by atoms with Crippen LogP contribution in [0.25, 0.3) is 27.0 Å². The Kier molecular flexibility index (Phi) is 6.49. The maximum absolute atomic E-state index is 13.6. The maximum atomic E-state index is 13.6. The number of ether oxygens (including phenoxy) is 1. The number of rotatable bonds is 5. The number of nitrogens with zero attached hydrogens (tertiary/aromatic N) is 2. The highest BCUT2D eigenvalue weighted by Crippen LogP contribution is 2.33. The lowest BCUT2D eigenvalue weighted by atomic mass is 10.1. The van der Waals surface area contributed by atoms with Gasteiger partial charge in [-0.3, -0.25) is 19.6 Å². The Morgan fingerprint density at radius 1 is 1.09 bits per heavy atom. The van der Waals surface area contributed by atoms with Gasteiger partial charge in [0.25, 0.3) is 5.56 Å². The standard InChI is InChI=1S/C21H14F2N4O4S2/c22-12-3-1-11(2-4-12)15-9-32-18-17(15)19(29)27(14-7-5-13(23)6-8-14)20(25-18)33-10-16(28)31-21(30)26-24/h1-9H,10,24H2,(H,26,30). The average molecular weight is 488 g/mol. The Balaban J connectivity index is 1.83. The van der Waals surface area contributed by atoms with Gasteiger partial charge in [0.15, 0.2) is 5.16 Å². The zero-order chi connectivity index (χ0) is 23.5. The number of thiophene rings is 1. The molecule has 0 aliphatic rings. The van der Waals surface area contributed by atoms with Crippen molar-refractivity contribution in [3.05, 3.63) is 75.9 Å². The quantitative estimate of drug-likeness (QED) is 0.0838. The fourth-order valence-electron chi connectivity index (χ4n) is 3.01. The minimum Gasteiger partial charge on any atom is -0.375 e. The smallest absolute Gasteiger partial charge is 0.375 e. The number of thioether (sulfide) groups is 1. The Labute approximate surface area is 193 Å². The molecule has 2 aromatic carbocycles. The summed E-state index contributed by atoms with van der Waals surface area (Å²) in [7, 11) is 0. The number of benzene rings is 2. The molecule has 1 amide bonds. The number of fused-ring (bicyclic) bond motifs is 1. The normalized spacial score (nSPS) is 10.9. The van der Waals surface area contributed by atoms with Gasteiger partial charge in [0.05, 0.1) is 16.8 Å². The summed E-state index contributed by atoms with van der Waals surface area (Å²) < 4.78 is 32.5. The first-order chi connectivity index (χ1) is 15.9. The summed E-state index contributed by atoms with van der Waals surface area (Å²) in [6.07, 6.45) is -1.12. The molecule has 4 rings (SSSR count). The van der Waals surface area contributed by atoms with Gasteiger partial charge in [-0.15, -0.1) is 11.3 Å². The zero-order valence-electron chi connectivity index (χ0n) is 16.6. The number of hydrogen-bond donors (Lipinski definition) is 2. The Bertz CT molecular complexity index is 1400. The number of carbonyl (C=O) groups is 2. The molecule has 0 aliphatic heterocycles. The van der Waals surface area contributed by atoms with Crippen molar-refractivity contribution in [3.8, 4) is 16.8 Å². The van der Waals surface area contributed by atoms with E-state index in [9.17, 15) is 23.2 Å². The van der Waals surface area contributed by atoms with Gasteiger partial charge in [-0.05, 0) is 42.0 Å². The lowest BCUT2D eigenvalue weighted by Crippen LogP contribution is -2.33. The molecule has 0 bridgehead atoms. The Morgan fingerprint density at radius 2 is 1.73 bits per heavy atom. The summed E-state index contributed by atoms with van der Waals surface area (Å²) in [5, 5.41) is 2.16. The topological polar surface area (TPSA) is 116 Å². The van der Waals surface area contributed by atoms with Crippen molar-refractivity contribution in [2.75, 3.05) is 5.75 Å². The average Bonchev–Trinajstić information content (AvgIpc) is 3.23. The molecule has 33 heavy (non-hydrogen) atoms. The van der Waals surface area contributed by atoms with Gasteiger partial charge in [0.2, 0.25) is 0 Å². The van der Waals surface area contributed by atoms with Crippen molar-refractivity contribution in [1.82, 2.24) is 15.0 Å². The van der Waals surface area contributed by atoms with E-state index >= 15 is 0 Å². The van der Waals surface area contributed by atoms with Gasteiger partial charge >= 0.3 is 12.1 Å². The molecular formula is C21H14F2N4O4S2. The zero-order valence-corrected chi connectivity index (χ0v) is 18.2. The molecule has 0 spiro atoms. The van der Waals surface area contributed by atoms with Crippen LogP contribution in [0.5, 0.6) is 0 Å². The lowest BCUT2D eigenvalue weighted by Gasteiger charge is -2.12. The first-order valence-electron chi connectivity index (χ1n) is 9.27. The van der Waals surface area contributed by atoms with Gasteiger partial charge in [-0.1, -0.05) is 23.9 Å². The highest BCUT2D eigenvalue weighted by molar-refractivity contribution is 7.99. The van der Waals surface area contributed by atoms with E-state index in [4.69, 9.17) is 5.84 Å². The molecule has 0 atom stereocenters. The number of carbonyl (C=O) groups excluding carboxylic acids is 2. The summed E-state index contributed by atoms with van der Waals surface area (Å²) in [6.45, 7) is 0. The van der Waals surface area contributed by atoms with E-state index in [2.05, 4.69) is 9.72 Å². The first-order valence-corrected chi connectivity index (χ1v) is 11.1. The number of nitrogens with two attached hydrogens (primary N) is 1. The fraction of sp³-hybridized carbons (Fsp3) is 0.0476. The number of nitrogens with one attached hydrogen (secondary N) is 1. The maximum Gasteiger partial charge on any atom is 0.429 e. The van der Waals surface area contributed by atoms with E-state index in [1.54, 1.807) is 22.9 Å². The van der Waals surface area contributed by atoms with E-state index in [0.717, 1.165) is 11.8 Å². The minimum atomic E-state index is -1.12. The molecule has 2 heterocycles. The van der Waals surface area contributed by atoms with E-state index in [0.29, 0.717) is 27.0 Å². The molecule has 12 heteroatoms. The number of halogens is 2. The molecule has 0 fully saturated rings. The predicted octanol–water partition coefficient (Wildman–Crippen LogP) is 3.61. The Morgan fingerprint density at radius 3 is 2.36 bits per heavy atom. The lowest BCUT2D eigenvalue weighted by molar-refractivity contribution is -0.134. The molecule has 8 nitrogen and oxygen atoms in total. The number of amides is 1. The predicted molar refractivity (Wildman–Crippen MR) is 120 cm³/mol. The molecule has 0 saturated heterocycles. The number of hydrogen-bond acceptors (Lipinski definition) is 8. The van der Waals surface area contributed by atoms with Crippen LogP contribution in [-0.4, -0.2) is 27.4 Å². The number of hydrazine groups is 1. The third-order valence-corrected chi connectivity index (χ3v) is 6.24. The molecule has 0 unspecified atom stereocenters.